The minimum Gasteiger partial charge on any atom is -0.390 e. The molecule has 0 aromatic heterocycles. The number of hydrogen-bond acceptors (Lipinski definition) is 2. The Morgan fingerprint density at radius 2 is 1.41 bits per heavy atom. The first-order valence-electron chi connectivity index (χ1n) is 14.1. The lowest BCUT2D eigenvalue weighted by Gasteiger charge is -2.73. The molecule has 32 heavy (non-hydrogen) atoms. The quantitative estimate of drug-likeness (QED) is 0.454. The zero-order valence-corrected chi connectivity index (χ0v) is 22.4. The van der Waals surface area contributed by atoms with Crippen LogP contribution in [0.2, 0.25) is 0 Å². The molecule has 2 nitrogen and oxygen atoms in total. The summed E-state index contributed by atoms with van der Waals surface area (Å²) in [5.74, 6) is 4.65. The van der Waals surface area contributed by atoms with Crippen molar-refractivity contribution < 1.29 is 10.2 Å². The second kappa shape index (κ2) is 6.99. The number of aliphatic hydroxyl groups is 2. The third-order valence-corrected chi connectivity index (χ3v) is 13.7. The molecule has 0 heterocycles. The van der Waals surface area contributed by atoms with Gasteiger partial charge in [0, 0.05) is 0 Å². The van der Waals surface area contributed by atoms with Crippen LogP contribution in [-0.2, 0) is 0 Å². The van der Waals surface area contributed by atoms with E-state index in [1.165, 1.54) is 51.4 Å². The van der Waals surface area contributed by atoms with Crippen LogP contribution in [0, 0.1) is 62.6 Å². The Morgan fingerprint density at radius 1 is 0.719 bits per heavy atom. The van der Waals surface area contributed by atoms with Gasteiger partial charge in [-0.3, -0.25) is 0 Å². The van der Waals surface area contributed by atoms with Crippen LogP contribution in [-0.4, -0.2) is 22.4 Å². The maximum Gasteiger partial charge on any atom is 0.0852 e. The fourth-order valence-corrected chi connectivity index (χ4v) is 11.9. The van der Waals surface area contributed by atoms with Crippen molar-refractivity contribution in [1.29, 1.82) is 0 Å². The molecule has 0 radical (unpaired) electrons. The van der Waals surface area contributed by atoms with E-state index in [0.29, 0.717) is 28.1 Å². The van der Waals surface area contributed by atoms with Crippen LogP contribution in [0.15, 0.2) is 0 Å². The molecule has 0 aliphatic heterocycles. The van der Waals surface area contributed by atoms with Crippen molar-refractivity contribution >= 4 is 0 Å². The van der Waals surface area contributed by atoms with Gasteiger partial charge in [-0.25, -0.2) is 0 Å². The Bertz CT molecular complexity index is 758. The summed E-state index contributed by atoms with van der Waals surface area (Å²) in [4.78, 5) is 0. The number of hydrogen-bond donors (Lipinski definition) is 2. The van der Waals surface area contributed by atoms with E-state index in [2.05, 4.69) is 55.4 Å². The first-order valence-corrected chi connectivity index (χ1v) is 14.1. The Hall–Kier alpha value is -0.0800. The maximum atomic E-state index is 11.0. The predicted octanol–water partition coefficient (Wildman–Crippen LogP) is 7.08. The summed E-state index contributed by atoms with van der Waals surface area (Å²) in [5, 5.41) is 21.9. The van der Waals surface area contributed by atoms with Crippen molar-refractivity contribution in [3.8, 4) is 0 Å². The van der Waals surface area contributed by atoms with Gasteiger partial charge in [0.25, 0.3) is 0 Å². The highest BCUT2D eigenvalue weighted by atomic mass is 16.3. The fourth-order valence-electron chi connectivity index (χ4n) is 11.9. The molecule has 0 amide bonds. The van der Waals surface area contributed by atoms with Crippen LogP contribution in [0.3, 0.4) is 0 Å². The molecule has 184 valence electrons. The number of fused-ring (bicyclic) bond motifs is 7. The molecule has 5 aliphatic carbocycles. The zero-order chi connectivity index (χ0) is 23.5. The van der Waals surface area contributed by atoms with Crippen molar-refractivity contribution in [2.45, 2.75) is 125 Å². The fraction of sp³-hybridized carbons (Fsp3) is 1.00. The van der Waals surface area contributed by atoms with Crippen molar-refractivity contribution in [1.82, 2.24) is 0 Å². The minimum atomic E-state index is -0.586. The Kier molecular flexibility index (Phi) is 5.17. The molecule has 2 N–H and O–H groups in total. The number of rotatable bonds is 1. The third kappa shape index (κ3) is 2.72. The predicted molar refractivity (Wildman–Crippen MR) is 132 cm³/mol. The third-order valence-electron chi connectivity index (χ3n) is 13.7. The van der Waals surface area contributed by atoms with Crippen molar-refractivity contribution in [2.24, 2.45) is 62.6 Å². The molecule has 5 fully saturated rings. The summed E-state index contributed by atoms with van der Waals surface area (Å²) >= 11 is 0. The van der Waals surface area contributed by atoms with Gasteiger partial charge in [-0.1, -0.05) is 55.4 Å². The molecule has 11 unspecified atom stereocenters. The van der Waals surface area contributed by atoms with Gasteiger partial charge in [0.1, 0.15) is 0 Å². The molecule has 0 aromatic rings. The van der Waals surface area contributed by atoms with E-state index in [1.807, 2.05) is 0 Å². The lowest BCUT2D eigenvalue weighted by atomic mass is 9.32. The SMILES string of the molecule is CC(C)C1CCC2(C)CCC3(C)C(CCC4C5(C)CC(O)C(O)C(C)(C)C5CCC43C)C12. The molecular weight excluding hydrogens is 392 g/mol. The molecule has 0 spiro atoms. The van der Waals surface area contributed by atoms with Crippen LogP contribution < -0.4 is 0 Å². The van der Waals surface area contributed by atoms with Gasteiger partial charge in [-0.05, 0) is 120 Å². The van der Waals surface area contributed by atoms with Crippen LogP contribution in [0.1, 0.15) is 113 Å². The summed E-state index contributed by atoms with van der Waals surface area (Å²) < 4.78 is 0. The molecule has 5 rings (SSSR count). The Balaban J connectivity index is 1.55. The van der Waals surface area contributed by atoms with E-state index in [9.17, 15) is 10.2 Å². The maximum absolute atomic E-state index is 11.0. The van der Waals surface area contributed by atoms with E-state index in [0.717, 1.165) is 30.1 Å². The second-order valence-corrected chi connectivity index (χ2v) is 15.3. The second-order valence-electron chi connectivity index (χ2n) is 15.3. The molecule has 11 atom stereocenters. The minimum absolute atomic E-state index is 0.136. The highest BCUT2D eigenvalue weighted by Crippen LogP contribution is 2.77. The molecular formula is C30H52O2. The van der Waals surface area contributed by atoms with Crippen molar-refractivity contribution in [2.75, 3.05) is 0 Å². The van der Waals surface area contributed by atoms with Gasteiger partial charge in [-0.15, -0.1) is 0 Å². The van der Waals surface area contributed by atoms with Crippen molar-refractivity contribution in [3.63, 3.8) is 0 Å². The Morgan fingerprint density at radius 3 is 2.06 bits per heavy atom. The van der Waals surface area contributed by atoms with E-state index in [4.69, 9.17) is 0 Å². The summed E-state index contributed by atoms with van der Waals surface area (Å²) in [6, 6.07) is 0. The van der Waals surface area contributed by atoms with E-state index >= 15 is 0 Å². The van der Waals surface area contributed by atoms with Crippen LogP contribution in [0.4, 0.5) is 0 Å². The van der Waals surface area contributed by atoms with Gasteiger partial charge in [0.2, 0.25) is 0 Å². The molecule has 0 aromatic carbocycles. The lowest BCUT2D eigenvalue weighted by molar-refractivity contribution is -0.263. The average Bonchev–Trinajstić information content (AvgIpc) is 3.05. The Labute approximate surface area is 198 Å². The summed E-state index contributed by atoms with van der Waals surface area (Å²) in [7, 11) is 0. The zero-order valence-electron chi connectivity index (χ0n) is 22.4. The van der Waals surface area contributed by atoms with Crippen molar-refractivity contribution in [3.05, 3.63) is 0 Å². The summed E-state index contributed by atoms with van der Waals surface area (Å²) in [5.41, 5.74) is 1.26. The van der Waals surface area contributed by atoms with E-state index < -0.39 is 12.2 Å². The van der Waals surface area contributed by atoms with Gasteiger partial charge in [0.15, 0.2) is 0 Å². The van der Waals surface area contributed by atoms with Crippen LogP contribution >= 0.6 is 0 Å². The topological polar surface area (TPSA) is 40.5 Å². The highest BCUT2D eigenvalue weighted by Gasteiger charge is 2.71. The van der Waals surface area contributed by atoms with Crippen LogP contribution in [0.25, 0.3) is 0 Å². The average molecular weight is 445 g/mol. The summed E-state index contributed by atoms with van der Waals surface area (Å²) in [6.45, 7) is 20.0. The summed E-state index contributed by atoms with van der Waals surface area (Å²) in [6.07, 6.45) is 10.6. The first-order chi connectivity index (χ1) is 14.7. The van der Waals surface area contributed by atoms with Gasteiger partial charge in [-0.2, -0.15) is 0 Å². The van der Waals surface area contributed by atoms with Crippen LogP contribution in [0.5, 0.6) is 0 Å². The monoisotopic (exact) mass is 444 g/mol. The smallest absolute Gasteiger partial charge is 0.0852 e. The largest absolute Gasteiger partial charge is 0.390 e. The van der Waals surface area contributed by atoms with E-state index in [-0.39, 0.29) is 10.8 Å². The van der Waals surface area contributed by atoms with E-state index in [1.54, 1.807) is 0 Å². The lowest BCUT2D eigenvalue weighted by Crippen LogP contribution is -2.68. The first kappa shape index (κ1) is 23.7. The highest BCUT2D eigenvalue weighted by molar-refractivity contribution is 5.19. The molecule has 0 saturated heterocycles. The number of aliphatic hydroxyl groups excluding tert-OH is 2. The normalized spacial score (nSPS) is 59.2. The standard InChI is InChI=1S/C30H52O2/c1-18(2)19-11-13-27(5)15-16-29(7)20(24(19)27)9-10-23-28(6)17-21(31)25(32)26(3,4)22(28)12-14-30(23,29)8/h18-25,31-32H,9-17H2,1-8H3. The van der Waals surface area contributed by atoms with Gasteiger partial charge >= 0.3 is 0 Å². The molecule has 5 aliphatic rings. The molecule has 2 heteroatoms. The molecule has 5 saturated carbocycles. The molecule has 0 bridgehead atoms. The van der Waals surface area contributed by atoms with Gasteiger partial charge in [0.05, 0.1) is 12.2 Å². The van der Waals surface area contributed by atoms with Gasteiger partial charge < -0.3 is 10.2 Å².